The summed E-state index contributed by atoms with van der Waals surface area (Å²) in [5, 5.41) is 3.27. The average molecular weight is 354 g/mol. The van der Waals surface area contributed by atoms with Crippen LogP contribution in [0, 0.1) is 25.2 Å². The van der Waals surface area contributed by atoms with Crippen molar-refractivity contribution in [2.45, 2.75) is 45.4 Å². The fraction of sp³-hybridized carbons (Fsp3) is 0.429. The number of nitrogens with zero attached hydrogens (tertiary/aromatic N) is 1. The molecule has 3 rings (SSSR count). The Hall–Kier alpha value is -2.61. The van der Waals surface area contributed by atoms with Gasteiger partial charge >= 0.3 is 5.97 Å². The lowest BCUT2D eigenvalue weighted by Crippen LogP contribution is -2.29. The molecule has 1 heterocycles. The number of hydrogen-bond donors (Lipinski definition) is 1. The van der Waals surface area contributed by atoms with E-state index in [0.29, 0.717) is 16.8 Å². The summed E-state index contributed by atoms with van der Waals surface area (Å²) in [5.41, 5.74) is 3.97. The van der Waals surface area contributed by atoms with E-state index in [1.807, 2.05) is 6.92 Å². The number of halogens is 1. The molecule has 4 nitrogen and oxygen atoms in total. The Morgan fingerprint density at radius 3 is 2.69 bits per heavy atom. The van der Waals surface area contributed by atoms with Crippen molar-refractivity contribution in [3.63, 3.8) is 0 Å². The highest BCUT2D eigenvalue weighted by atomic mass is 19.1. The summed E-state index contributed by atoms with van der Waals surface area (Å²) in [6.45, 7) is 11.3. The number of esters is 1. The lowest BCUT2D eigenvalue weighted by atomic mass is 9.81. The third-order valence-electron chi connectivity index (χ3n) is 5.18. The molecule has 0 spiro atoms. The molecule has 5 heteroatoms. The number of allylic oxidation sites excluding steroid dienone is 3. The van der Waals surface area contributed by atoms with Gasteiger partial charge in [-0.25, -0.2) is 14.0 Å². The zero-order valence-electron chi connectivity index (χ0n) is 15.4. The Balaban J connectivity index is 2.13. The SMILES string of the molecule is [C-]#[N+]C1=C(C)NC(CCC2CC2)=C(C(=O)OC)C1c1ccc(F)cc1C. The Morgan fingerprint density at radius 2 is 2.12 bits per heavy atom. The highest BCUT2D eigenvalue weighted by Gasteiger charge is 2.36. The van der Waals surface area contributed by atoms with Crippen LogP contribution in [0.4, 0.5) is 4.39 Å². The monoisotopic (exact) mass is 354 g/mol. The molecule has 0 aromatic heterocycles. The summed E-state index contributed by atoms with van der Waals surface area (Å²) in [6, 6.07) is 4.48. The largest absolute Gasteiger partial charge is 0.466 e. The second-order valence-corrected chi connectivity index (χ2v) is 7.05. The topological polar surface area (TPSA) is 42.7 Å². The number of benzene rings is 1. The second kappa shape index (κ2) is 7.33. The van der Waals surface area contributed by atoms with Crippen molar-refractivity contribution in [2.75, 3.05) is 7.11 Å². The zero-order chi connectivity index (χ0) is 18.8. The van der Waals surface area contributed by atoms with Gasteiger partial charge in [-0.2, -0.15) is 0 Å². The van der Waals surface area contributed by atoms with Crippen LogP contribution in [0.3, 0.4) is 0 Å². The molecule has 1 fully saturated rings. The normalized spacial score (nSPS) is 19.9. The molecule has 136 valence electrons. The van der Waals surface area contributed by atoms with Crippen molar-refractivity contribution in [2.24, 2.45) is 5.92 Å². The van der Waals surface area contributed by atoms with Crippen LogP contribution in [0.15, 0.2) is 40.9 Å². The third-order valence-corrected chi connectivity index (χ3v) is 5.18. The Labute approximate surface area is 153 Å². The molecule has 0 saturated heterocycles. The van der Waals surface area contributed by atoms with E-state index in [1.54, 1.807) is 13.0 Å². The van der Waals surface area contributed by atoms with Crippen LogP contribution in [0.1, 0.15) is 49.7 Å². The Morgan fingerprint density at radius 1 is 1.38 bits per heavy atom. The Bertz CT molecular complexity index is 844. The smallest absolute Gasteiger partial charge is 0.335 e. The van der Waals surface area contributed by atoms with Gasteiger partial charge in [0.2, 0.25) is 0 Å². The first-order chi connectivity index (χ1) is 12.5. The molecular formula is C21H23FN2O2. The van der Waals surface area contributed by atoms with Crippen molar-refractivity contribution in [1.82, 2.24) is 5.32 Å². The second-order valence-electron chi connectivity index (χ2n) is 7.05. The van der Waals surface area contributed by atoms with Gasteiger partial charge in [-0.05, 0) is 55.9 Å². The highest BCUT2D eigenvalue weighted by Crippen LogP contribution is 2.43. The van der Waals surface area contributed by atoms with Gasteiger partial charge in [0.05, 0.1) is 25.2 Å². The summed E-state index contributed by atoms with van der Waals surface area (Å²) in [6.07, 6.45) is 4.24. The highest BCUT2D eigenvalue weighted by molar-refractivity contribution is 5.93. The molecule has 26 heavy (non-hydrogen) atoms. The average Bonchev–Trinajstić information content (AvgIpc) is 3.43. The summed E-state index contributed by atoms with van der Waals surface area (Å²) in [5.74, 6) is -0.578. The van der Waals surface area contributed by atoms with Crippen LogP contribution in [0.5, 0.6) is 0 Å². The van der Waals surface area contributed by atoms with E-state index in [0.717, 1.165) is 35.7 Å². The predicted molar refractivity (Wildman–Crippen MR) is 97.3 cm³/mol. The van der Waals surface area contributed by atoms with Crippen LogP contribution in [-0.2, 0) is 9.53 Å². The first-order valence-corrected chi connectivity index (χ1v) is 8.89. The molecule has 1 aliphatic heterocycles. The number of aryl methyl sites for hydroxylation is 1. The number of hydrogen-bond acceptors (Lipinski definition) is 3. The van der Waals surface area contributed by atoms with E-state index in [9.17, 15) is 9.18 Å². The van der Waals surface area contributed by atoms with Crippen LogP contribution < -0.4 is 5.32 Å². The van der Waals surface area contributed by atoms with E-state index in [2.05, 4.69) is 10.2 Å². The van der Waals surface area contributed by atoms with Gasteiger partial charge in [-0.3, -0.25) is 0 Å². The quantitative estimate of drug-likeness (QED) is 0.621. The molecule has 0 radical (unpaired) electrons. The van der Waals surface area contributed by atoms with Gasteiger partial charge < -0.3 is 10.1 Å². The number of carbonyl (C=O) groups is 1. The minimum absolute atomic E-state index is 0.331. The lowest BCUT2D eigenvalue weighted by molar-refractivity contribution is -0.136. The molecule has 0 bridgehead atoms. The summed E-state index contributed by atoms with van der Waals surface area (Å²) < 4.78 is 18.6. The molecular weight excluding hydrogens is 331 g/mol. The standard InChI is InChI=1S/C21H23FN2O2/c1-12-11-15(22)8-9-16(12)18-19(21(25)26-4)17(10-7-14-5-6-14)24-13(2)20(18)23-3/h8-9,11,14,18,24H,5-7,10H2,1-2,4H3. The number of methoxy groups -OCH3 is 1. The van der Waals surface area contributed by atoms with Crippen LogP contribution >= 0.6 is 0 Å². The lowest BCUT2D eigenvalue weighted by Gasteiger charge is -2.30. The number of nitrogens with one attached hydrogen (secondary N) is 1. The first-order valence-electron chi connectivity index (χ1n) is 8.89. The summed E-state index contributed by atoms with van der Waals surface area (Å²) in [7, 11) is 1.35. The Kier molecular flexibility index (Phi) is 5.13. The summed E-state index contributed by atoms with van der Waals surface area (Å²) >= 11 is 0. The summed E-state index contributed by atoms with van der Waals surface area (Å²) in [4.78, 5) is 16.3. The van der Waals surface area contributed by atoms with Gasteiger partial charge in [-0.15, -0.1) is 0 Å². The number of carbonyl (C=O) groups excluding carboxylic acids is 1. The predicted octanol–water partition coefficient (Wildman–Crippen LogP) is 4.59. The molecule has 1 aliphatic carbocycles. The molecule has 1 unspecified atom stereocenters. The van der Waals surface area contributed by atoms with Gasteiger partial charge in [0.1, 0.15) is 5.82 Å². The molecule has 2 aliphatic rings. The van der Waals surface area contributed by atoms with Gasteiger partial charge in [0, 0.05) is 11.4 Å². The minimum atomic E-state index is -0.531. The third kappa shape index (κ3) is 3.50. The number of ether oxygens (including phenoxy) is 1. The molecule has 1 aromatic carbocycles. The maximum atomic E-state index is 13.6. The van der Waals surface area contributed by atoms with Crippen LogP contribution in [0.2, 0.25) is 0 Å². The van der Waals surface area contributed by atoms with E-state index in [4.69, 9.17) is 11.3 Å². The molecule has 1 aromatic rings. The van der Waals surface area contributed by atoms with E-state index in [1.165, 1.54) is 32.1 Å². The van der Waals surface area contributed by atoms with Gasteiger partial charge in [-0.1, -0.05) is 18.9 Å². The number of dihydropyridines is 1. The fourth-order valence-electron chi connectivity index (χ4n) is 3.60. The molecule has 1 N–H and O–H groups in total. The van der Waals surface area contributed by atoms with Crippen molar-refractivity contribution in [1.29, 1.82) is 0 Å². The van der Waals surface area contributed by atoms with Crippen molar-refractivity contribution in [3.8, 4) is 0 Å². The number of rotatable bonds is 5. The molecule has 0 amide bonds. The molecule has 1 saturated carbocycles. The zero-order valence-corrected chi connectivity index (χ0v) is 15.4. The van der Waals surface area contributed by atoms with Crippen molar-refractivity contribution in [3.05, 3.63) is 69.2 Å². The minimum Gasteiger partial charge on any atom is -0.466 e. The maximum absolute atomic E-state index is 13.6. The molecule has 1 atom stereocenters. The van der Waals surface area contributed by atoms with Crippen LogP contribution in [-0.4, -0.2) is 13.1 Å². The van der Waals surface area contributed by atoms with Gasteiger partial charge in [0.25, 0.3) is 0 Å². The maximum Gasteiger partial charge on any atom is 0.335 e. The first kappa shape index (κ1) is 18.2. The van der Waals surface area contributed by atoms with Gasteiger partial charge in [0.15, 0.2) is 5.70 Å². The van der Waals surface area contributed by atoms with Crippen molar-refractivity contribution < 1.29 is 13.9 Å². The van der Waals surface area contributed by atoms with E-state index in [-0.39, 0.29) is 5.82 Å². The van der Waals surface area contributed by atoms with E-state index < -0.39 is 11.9 Å². The van der Waals surface area contributed by atoms with Crippen LogP contribution in [0.25, 0.3) is 4.85 Å². The fourth-order valence-corrected chi connectivity index (χ4v) is 3.60. The van der Waals surface area contributed by atoms with E-state index >= 15 is 0 Å². The van der Waals surface area contributed by atoms with Crippen molar-refractivity contribution >= 4 is 5.97 Å².